The number of carbonyl (C=O) groups is 3. The minimum atomic E-state index is -0.308. The Balaban J connectivity index is 1.39. The number of rotatable bonds is 5. The van der Waals surface area contributed by atoms with Gasteiger partial charge in [-0.2, -0.15) is 5.26 Å². The molecule has 0 atom stereocenters. The molecule has 1 aliphatic heterocycles. The number of carbonyl (C=O) groups excluding carboxylic acids is 3. The molecule has 3 aromatic rings. The lowest BCUT2D eigenvalue weighted by molar-refractivity contribution is 0.0641. The maximum atomic E-state index is 12.5. The van der Waals surface area contributed by atoms with Gasteiger partial charge in [0.25, 0.3) is 17.7 Å². The van der Waals surface area contributed by atoms with Gasteiger partial charge in [0.1, 0.15) is 0 Å². The monoisotopic (exact) mass is 395 g/mol. The molecule has 1 aliphatic rings. The Hall–Kier alpha value is -4.24. The van der Waals surface area contributed by atoms with Gasteiger partial charge in [-0.15, -0.1) is 0 Å². The standard InChI is InChI=1S/C24H17N3O3/c25-13-17-4-3-5-18(12-17)14-26-22(28)19-10-8-16(9-11-19)15-27-23(29)20-6-1-2-7-21(20)24(27)30/h1-12H,14-15H2,(H,26,28). The van der Waals surface area contributed by atoms with Crippen molar-refractivity contribution in [1.82, 2.24) is 10.2 Å². The van der Waals surface area contributed by atoms with Crippen LogP contribution in [0.4, 0.5) is 0 Å². The van der Waals surface area contributed by atoms with Crippen LogP contribution in [0, 0.1) is 11.3 Å². The third-order valence-electron chi connectivity index (χ3n) is 4.94. The van der Waals surface area contributed by atoms with Crippen LogP contribution >= 0.6 is 0 Å². The number of benzene rings is 3. The Morgan fingerprint density at radius 3 is 2.17 bits per heavy atom. The van der Waals surface area contributed by atoms with E-state index in [4.69, 9.17) is 5.26 Å². The van der Waals surface area contributed by atoms with Gasteiger partial charge in [0.15, 0.2) is 0 Å². The maximum absolute atomic E-state index is 12.5. The van der Waals surface area contributed by atoms with Gasteiger partial charge >= 0.3 is 0 Å². The van der Waals surface area contributed by atoms with Crippen LogP contribution in [0.1, 0.15) is 47.8 Å². The minimum absolute atomic E-state index is 0.148. The Morgan fingerprint density at radius 1 is 0.867 bits per heavy atom. The van der Waals surface area contributed by atoms with Crippen LogP contribution in [0.5, 0.6) is 0 Å². The Labute approximate surface area is 173 Å². The average Bonchev–Trinajstić information content (AvgIpc) is 3.03. The van der Waals surface area contributed by atoms with Gasteiger partial charge in [-0.1, -0.05) is 36.4 Å². The summed E-state index contributed by atoms with van der Waals surface area (Å²) in [5, 5.41) is 11.8. The van der Waals surface area contributed by atoms with Gasteiger partial charge in [0.2, 0.25) is 0 Å². The molecule has 3 amide bonds. The number of nitrogens with zero attached hydrogens (tertiary/aromatic N) is 2. The van der Waals surface area contributed by atoms with E-state index < -0.39 is 0 Å². The fourth-order valence-electron chi connectivity index (χ4n) is 3.36. The lowest BCUT2D eigenvalue weighted by Gasteiger charge is -2.14. The molecule has 0 bridgehead atoms. The summed E-state index contributed by atoms with van der Waals surface area (Å²) in [7, 11) is 0. The number of nitriles is 1. The Morgan fingerprint density at radius 2 is 1.53 bits per heavy atom. The van der Waals surface area contributed by atoms with Gasteiger partial charge in [-0.05, 0) is 47.5 Å². The molecule has 0 saturated heterocycles. The van der Waals surface area contributed by atoms with Crippen LogP contribution in [-0.2, 0) is 13.1 Å². The van der Waals surface area contributed by atoms with Crippen molar-refractivity contribution in [3.8, 4) is 6.07 Å². The van der Waals surface area contributed by atoms with Crippen molar-refractivity contribution < 1.29 is 14.4 Å². The van der Waals surface area contributed by atoms with E-state index >= 15 is 0 Å². The molecule has 6 nitrogen and oxygen atoms in total. The van der Waals surface area contributed by atoms with Crippen LogP contribution in [0.3, 0.4) is 0 Å². The van der Waals surface area contributed by atoms with E-state index in [9.17, 15) is 14.4 Å². The lowest BCUT2D eigenvalue weighted by Crippen LogP contribution is -2.29. The van der Waals surface area contributed by atoms with Gasteiger partial charge in [-0.25, -0.2) is 0 Å². The summed E-state index contributed by atoms with van der Waals surface area (Å²) in [5.41, 5.74) is 3.43. The van der Waals surface area contributed by atoms with Crippen LogP contribution < -0.4 is 5.32 Å². The Kier molecular flexibility index (Phi) is 5.10. The molecule has 0 spiro atoms. The van der Waals surface area contributed by atoms with E-state index in [-0.39, 0.29) is 24.3 Å². The highest BCUT2D eigenvalue weighted by atomic mass is 16.2. The first-order chi connectivity index (χ1) is 14.6. The van der Waals surface area contributed by atoms with Gasteiger partial charge < -0.3 is 5.32 Å². The summed E-state index contributed by atoms with van der Waals surface area (Å²) in [6.07, 6.45) is 0. The molecule has 0 fully saturated rings. The second kappa shape index (κ2) is 8.02. The zero-order valence-corrected chi connectivity index (χ0v) is 16.0. The average molecular weight is 395 g/mol. The van der Waals surface area contributed by atoms with Crippen molar-refractivity contribution in [3.05, 3.63) is 106 Å². The molecule has 0 radical (unpaired) electrons. The first-order valence-electron chi connectivity index (χ1n) is 9.38. The molecule has 30 heavy (non-hydrogen) atoms. The Bertz CT molecular complexity index is 1160. The van der Waals surface area contributed by atoms with Crippen molar-refractivity contribution >= 4 is 17.7 Å². The zero-order chi connectivity index (χ0) is 21.1. The fraction of sp³-hybridized carbons (Fsp3) is 0.0833. The van der Waals surface area contributed by atoms with Crippen molar-refractivity contribution in [2.45, 2.75) is 13.1 Å². The molecule has 1 heterocycles. The van der Waals surface area contributed by atoms with Gasteiger partial charge in [-0.3, -0.25) is 19.3 Å². The second-order valence-corrected chi connectivity index (χ2v) is 6.93. The second-order valence-electron chi connectivity index (χ2n) is 6.93. The van der Waals surface area contributed by atoms with Crippen LogP contribution in [-0.4, -0.2) is 22.6 Å². The van der Waals surface area contributed by atoms with E-state index in [1.165, 1.54) is 4.90 Å². The molecular formula is C24H17N3O3. The minimum Gasteiger partial charge on any atom is -0.348 e. The fourth-order valence-corrected chi connectivity index (χ4v) is 3.36. The molecule has 1 N–H and O–H groups in total. The molecule has 4 rings (SSSR count). The van der Waals surface area contributed by atoms with Crippen LogP contribution in [0.15, 0.2) is 72.8 Å². The number of nitrogens with one attached hydrogen (secondary N) is 1. The topological polar surface area (TPSA) is 90.3 Å². The summed E-state index contributed by atoms with van der Waals surface area (Å²) >= 11 is 0. The molecule has 146 valence electrons. The molecule has 0 aliphatic carbocycles. The van der Waals surface area contributed by atoms with Crippen molar-refractivity contribution in [3.63, 3.8) is 0 Å². The van der Waals surface area contributed by atoms with Gasteiger partial charge in [0, 0.05) is 12.1 Å². The molecule has 0 aromatic heterocycles. The predicted molar refractivity (Wildman–Crippen MR) is 109 cm³/mol. The lowest BCUT2D eigenvalue weighted by atomic mass is 10.1. The third-order valence-corrected chi connectivity index (χ3v) is 4.94. The number of hydrogen-bond acceptors (Lipinski definition) is 4. The van der Waals surface area contributed by atoms with E-state index in [1.807, 2.05) is 6.07 Å². The maximum Gasteiger partial charge on any atom is 0.261 e. The van der Waals surface area contributed by atoms with Gasteiger partial charge in [0.05, 0.1) is 29.3 Å². The molecule has 0 unspecified atom stereocenters. The van der Waals surface area contributed by atoms with Crippen LogP contribution in [0.25, 0.3) is 0 Å². The summed E-state index contributed by atoms with van der Waals surface area (Å²) < 4.78 is 0. The highest BCUT2D eigenvalue weighted by molar-refractivity contribution is 6.21. The van der Waals surface area contributed by atoms with E-state index in [0.29, 0.717) is 28.8 Å². The number of fused-ring (bicyclic) bond motifs is 1. The van der Waals surface area contributed by atoms with E-state index in [2.05, 4.69) is 11.4 Å². The predicted octanol–water partition coefficient (Wildman–Crippen LogP) is 3.28. The van der Waals surface area contributed by atoms with E-state index in [0.717, 1.165) is 11.1 Å². The normalized spacial score (nSPS) is 12.4. The molecule has 3 aromatic carbocycles. The largest absolute Gasteiger partial charge is 0.348 e. The highest BCUT2D eigenvalue weighted by Crippen LogP contribution is 2.24. The van der Waals surface area contributed by atoms with Crippen molar-refractivity contribution in [1.29, 1.82) is 5.26 Å². The summed E-state index contributed by atoms with van der Waals surface area (Å²) in [4.78, 5) is 38.5. The summed E-state index contributed by atoms with van der Waals surface area (Å²) in [5.74, 6) is -0.862. The molecule has 0 saturated carbocycles. The summed E-state index contributed by atoms with van der Waals surface area (Å²) in [6.45, 7) is 0.459. The highest BCUT2D eigenvalue weighted by Gasteiger charge is 2.34. The SMILES string of the molecule is N#Cc1cccc(CNC(=O)c2ccc(CN3C(=O)c4ccccc4C3=O)cc2)c1. The van der Waals surface area contributed by atoms with Crippen molar-refractivity contribution in [2.75, 3.05) is 0 Å². The molecule has 6 heteroatoms. The quantitative estimate of drug-likeness (QED) is 0.671. The first kappa shape index (κ1) is 19.1. The summed E-state index contributed by atoms with van der Waals surface area (Å²) in [6, 6.07) is 22.7. The number of hydrogen-bond donors (Lipinski definition) is 1. The third kappa shape index (κ3) is 3.69. The van der Waals surface area contributed by atoms with Crippen molar-refractivity contribution in [2.24, 2.45) is 0 Å². The zero-order valence-electron chi connectivity index (χ0n) is 16.0. The number of imide groups is 1. The smallest absolute Gasteiger partial charge is 0.261 e. The number of amides is 3. The molecular weight excluding hydrogens is 378 g/mol. The van der Waals surface area contributed by atoms with E-state index in [1.54, 1.807) is 66.7 Å². The van der Waals surface area contributed by atoms with Crippen LogP contribution in [0.2, 0.25) is 0 Å². The first-order valence-corrected chi connectivity index (χ1v) is 9.38.